The largest absolute Gasteiger partial charge is 0.546 e. The second kappa shape index (κ2) is 3.12. The lowest BCUT2D eigenvalue weighted by Gasteiger charge is -2.11. The highest BCUT2D eigenvalue weighted by atomic mass is 19.4. The standard InChI is InChI=1S/C6H7BF3N2/c1-2-5-3-11-6(12-4-5)7(8,9)10/h3-4H,2H2,1H3/q-1. The minimum atomic E-state index is -5.05. The van der Waals surface area contributed by atoms with Gasteiger partial charge in [-0.15, -0.1) is 0 Å². The van der Waals surface area contributed by atoms with Gasteiger partial charge in [0.1, 0.15) is 0 Å². The Hall–Kier alpha value is -1.07. The third-order valence-electron chi connectivity index (χ3n) is 1.43. The molecule has 1 rings (SSSR count). The summed E-state index contributed by atoms with van der Waals surface area (Å²) in [4.78, 5) is 6.42. The molecule has 0 unspecified atom stereocenters. The summed E-state index contributed by atoms with van der Waals surface area (Å²) in [5.74, 6) is 0. The highest BCUT2D eigenvalue weighted by Gasteiger charge is 2.28. The Morgan fingerprint density at radius 2 is 1.75 bits per heavy atom. The molecule has 0 aromatic carbocycles. The predicted octanol–water partition coefficient (Wildman–Crippen LogP) is 1.09. The van der Waals surface area contributed by atoms with Crippen molar-refractivity contribution in [3.63, 3.8) is 0 Å². The number of aryl methyl sites for hydroxylation is 1. The quantitative estimate of drug-likeness (QED) is 0.628. The van der Waals surface area contributed by atoms with E-state index in [0.717, 1.165) is 0 Å². The SMILES string of the molecule is CCc1cnc([B-](F)(F)F)nc1. The van der Waals surface area contributed by atoms with Crippen LogP contribution in [0.2, 0.25) is 0 Å². The zero-order valence-electron chi connectivity index (χ0n) is 6.47. The highest BCUT2D eigenvalue weighted by Crippen LogP contribution is 2.05. The minimum Gasteiger partial charge on any atom is -0.443 e. The molecule has 12 heavy (non-hydrogen) atoms. The van der Waals surface area contributed by atoms with Gasteiger partial charge in [-0.25, -0.2) is 0 Å². The van der Waals surface area contributed by atoms with E-state index in [9.17, 15) is 12.9 Å². The Morgan fingerprint density at radius 1 is 1.25 bits per heavy atom. The average Bonchev–Trinajstić information content (AvgIpc) is 2.03. The van der Waals surface area contributed by atoms with Crippen LogP contribution >= 0.6 is 0 Å². The van der Waals surface area contributed by atoms with Crippen molar-refractivity contribution in [2.75, 3.05) is 0 Å². The van der Waals surface area contributed by atoms with Crippen molar-refractivity contribution in [3.05, 3.63) is 18.0 Å². The highest BCUT2D eigenvalue weighted by molar-refractivity contribution is 6.71. The lowest BCUT2D eigenvalue weighted by atomic mass is 9.91. The minimum absolute atomic E-state index is 0.644. The fourth-order valence-corrected chi connectivity index (χ4v) is 0.716. The fraction of sp³-hybridized carbons (Fsp3) is 0.333. The molecule has 0 aliphatic rings. The topological polar surface area (TPSA) is 25.8 Å². The third-order valence-corrected chi connectivity index (χ3v) is 1.43. The average molecular weight is 175 g/mol. The molecular formula is C6H7BF3N2-. The van der Waals surface area contributed by atoms with Gasteiger partial charge in [-0.3, -0.25) is 9.97 Å². The van der Waals surface area contributed by atoms with Crippen LogP contribution in [0.25, 0.3) is 0 Å². The van der Waals surface area contributed by atoms with Gasteiger partial charge < -0.3 is 12.9 Å². The molecule has 6 heteroatoms. The van der Waals surface area contributed by atoms with E-state index in [-0.39, 0.29) is 0 Å². The van der Waals surface area contributed by atoms with Crippen LogP contribution in [0.15, 0.2) is 12.4 Å². The third kappa shape index (κ3) is 1.96. The number of nitrogens with zero attached hydrogens (tertiary/aromatic N) is 2. The summed E-state index contributed by atoms with van der Waals surface area (Å²) in [6.45, 7) is -3.22. The zero-order chi connectivity index (χ0) is 9.19. The van der Waals surface area contributed by atoms with Gasteiger partial charge >= 0.3 is 6.98 Å². The van der Waals surface area contributed by atoms with Gasteiger partial charge in [0.2, 0.25) is 0 Å². The first-order valence-electron chi connectivity index (χ1n) is 3.54. The van der Waals surface area contributed by atoms with E-state index < -0.39 is 12.7 Å². The maximum absolute atomic E-state index is 12.0. The number of halogens is 3. The Morgan fingerprint density at radius 3 is 2.08 bits per heavy atom. The van der Waals surface area contributed by atoms with Crippen molar-refractivity contribution in [1.29, 1.82) is 0 Å². The summed E-state index contributed by atoms with van der Waals surface area (Å²) in [5, 5.41) is 0. The maximum Gasteiger partial charge on any atom is 0.546 e. The molecule has 0 radical (unpaired) electrons. The van der Waals surface area contributed by atoms with Gasteiger partial charge in [0.25, 0.3) is 0 Å². The lowest BCUT2D eigenvalue weighted by molar-refractivity contribution is 0.495. The molecule has 0 N–H and O–H groups in total. The summed E-state index contributed by atoms with van der Waals surface area (Å²) in [5.41, 5.74) is -0.314. The van der Waals surface area contributed by atoms with Crippen LogP contribution in [0, 0.1) is 0 Å². The maximum atomic E-state index is 12.0. The van der Waals surface area contributed by atoms with Crippen molar-refractivity contribution >= 4 is 12.7 Å². The molecule has 66 valence electrons. The van der Waals surface area contributed by atoms with Crippen LogP contribution in [-0.2, 0) is 6.42 Å². The lowest BCUT2D eigenvalue weighted by Crippen LogP contribution is -2.39. The second-order valence-corrected chi connectivity index (χ2v) is 2.38. The second-order valence-electron chi connectivity index (χ2n) is 2.38. The first-order chi connectivity index (χ1) is 5.54. The number of hydrogen-bond donors (Lipinski definition) is 0. The molecule has 0 bridgehead atoms. The normalized spacial score (nSPS) is 11.7. The van der Waals surface area contributed by atoms with Crippen molar-refractivity contribution in [1.82, 2.24) is 9.97 Å². The molecule has 2 nitrogen and oxygen atoms in total. The van der Waals surface area contributed by atoms with Gasteiger partial charge in [0.05, 0.1) is 5.72 Å². The number of rotatable bonds is 2. The molecule has 0 aliphatic carbocycles. The van der Waals surface area contributed by atoms with E-state index in [2.05, 4.69) is 9.97 Å². The molecule has 0 saturated heterocycles. The monoisotopic (exact) mass is 175 g/mol. The van der Waals surface area contributed by atoms with E-state index in [1.807, 2.05) is 6.92 Å². The Kier molecular flexibility index (Phi) is 2.35. The van der Waals surface area contributed by atoms with Crippen molar-refractivity contribution in [2.24, 2.45) is 0 Å². The fourth-order valence-electron chi connectivity index (χ4n) is 0.716. The smallest absolute Gasteiger partial charge is 0.443 e. The van der Waals surface area contributed by atoms with E-state index in [1.165, 1.54) is 12.4 Å². The van der Waals surface area contributed by atoms with Gasteiger partial charge in [-0.05, 0) is 12.0 Å². The molecule has 0 saturated carbocycles. The van der Waals surface area contributed by atoms with Gasteiger partial charge in [0.15, 0.2) is 0 Å². The van der Waals surface area contributed by atoms with Gasteiger partial charge in [0, 0.05) is 12.4 Å². The molecule has 0 amide bonds. The Balaban J connectivity index is 2.93. The van der Waals surface area contributed by atoms with E-state index in [1.54, 1.807) is 0 Å². The van der Waals surface area contributed by atoms with E-state index >= 15 is 0 Å². The molecule has 1 heterocycles. The van der Waals surface area contributed by atoms with E-state index in [4.69, 9.17) is 0 Å². The summed E-state index contributed by atoms with van der Waals surface area (Å²) in [6, 6.07) is 0. The molecule has 0 spiro atoms. The summed E-state index contributed by atoms with van der Waals surface area (Å²) < 4.78 is 35.9. The molecule has 0 aliphatic heterocycles. The van der Waals surface area contributed by atoms with Crippen LogP contribution in [-0.4, -0.2) is 16.9 Å². The molecule has 1 aromatic heterocycles. The summed E-state index contributed by atoms with van der Waals surface area (Å²) in [7, 11) is 0. The van der Waals surface area contributed by atoms with Crippen LogP contribution < -0.4 is 5.72 Å². The van der Waals surface area contributed by atoms with Gasteiger partial charge in [-0.2, -0.15) is 0 Å². The molecule has 1 aromatic rings. The predicted molar refractivity (Wildman–Crippen MR) is 40.1 cm³/mol. The number of hydrogen-bond acceptors (Lipinski definition) is 2. The van der Waals surface area contributed by atoms with Crippen molar-refractivity contribution in [3.8, 4) is 0 Å². The Labute approximate surface area is 67.9 Å². The summed E-state index contributed by atoms with van der Waals surface area (Å²) in [6.07, 6.45) is 3.06. The van der Waals surface area contributed by atoms with Crippen LogP contribution in [0.3, 0.4) is 0 Å². The summed E-state index contributed by atoms with van der Waals surface area (Å²) >= 11 is 0. The molecular weight excluding hydrogens is 168 g/mol. The van der Waals surface area contributed by atoms with Crippen LogP contribution in [0.1, 0.15) is 12.5 Å². The first kappa shape index (κ1) is 9.03. The zero-order valence-corrected chi connectivity index (χ0v) is 6.47. The number of aromatic nitrogens is 2. The van der Waals surface area contributed by atoms with Crippen LogP contribution in [0.4, 0.5) is 12.9 Å². The van der Waals surface area contributed by atoms with Crippen molar-refractivity contribution in [2.45, 2.75) is 13.3 Å². The van der Waals surface area contributed by atoms with Crippen LogP contribution in [0.5, 0.6) is 0 Å². The Bertz CT molecular complexity index is 256. The molecule has 0 atom stereocenters. The molecule has 0 fully saturated rings. The van der Waals surface area contributed by atoms with Crippen molar-refractivity contribution < 1.29 is 12.9 Å². The van der Waals surface area contributed by atoms with Gasteiger partial charge in [-0.1, -0.05) is 6.92 Å². The van der Waals surface area contributed by atoms with E-state index in [0.29, 0.717) is 12.0 Å². The first-order valence-corrected chi connectivity index (χ1v) is 3.54.